The first-order chi connectivity index (χ1) is 11.0. The molecule has 1 aliphatic heterocycles. The van der Waals surface area contributed by atoms with Gasteiger partial charge in [0.05, 0.1) is 11.9 Å². The van der Waals surface area contributed by atoms with Crippen LogP contribution in [0.3, 0.4) is 0 Å². The minimum Gasteiger partial charge on any atom is -0.363 e. The number of fused-ring (bicyclic) bond motifs is 1. The molecular formula is C17H18N4O2. The van der Waals surface area contributed by atoms with E-state index in [0.29, 0.717) is 24.1 Å². The van der Waals surface area contributed by atoms with Crippen molar-refractivity contribution >= 4 is 29.0 Å². The summed E-state index contributed by atoms with van der Waals surface area (Å²) in [7, 11) is 3.82. The number of carbonyl (C=O) groups is 2. The van der Waals surface area contributed by atoms with Gasteiger partial charge in [-0.05, 0) is 42.3 Å². The second kappa shape index (κ2) is 6.08. The second-order valence-electron chi connectivity index (χ2n) is 5.67. The highest BCUT2D eigenvalue weighted by atomic mass is 16.2. The summed E-state index contributed by atoms with van der Waals surface area (Å²) in [6.45, 7) is 0. The SMILES string of the molecule is CN(C)c1ccc(NC(=O)c2ccc3c(c2)CCC(=O)N3)cn1. The van der Waals surface area contributed by atoms with Gasteiger partial charge in [-0.15, -0.1) is 0 Å². The van der Waals surface area contributed by atoms with Crippen LogP contribution in [-0.2, 0) is 11.2 Å². The summed E-state index contributed by atoms with van der Waals surface area (Å²) in [4.78, 5) is 29.9. The molecule has 2 aromatic rings. The Labute approximate surface area is 134 Å². The summed E-state index contributed by atoms with van der Waals surface area (Å²) >= 11 is 0. The summed E-state index contributed by atoms with van der Waals surface area (Å²) in [6, 6.07) is 8.97. The minimum atomic E-state index is -0.191. The molecular weight excluding hydrogens is 292 g/mol. The van der Waals surface area contributed by atoms with Crippen molar-refractivity contribution < 1.29 is 9.59 Å². The molecule has 1 aromatic heterocycles. The molecule has 1 aromatic carbocycles. The van der Waals surface area contributed by atoms with Gasteiger partial charge in [0.1, 0.15) is 5.82 Å². The molecule has 23 heavy (non-hydrogen) atoms. The zero-order valence-corrected chi connectivity index (χ0v) is 13.1. The number of rotatable bonds is 3. The lowest BCUT2D eigenvalue weighted by molar-refractivity contribution is -0.116. The van der Waals surface area contributed by atoms with Gasteiger partial charge in [0.25, 0.3) is 5.91 Å². The van der Waals surface area contributed by atoms with Crippen molar-refractivity contribution in [1.29, 1.82) is 0 Å². The molecule has 6 heteroatoms. The van der Waals surface area contributed by atoms with E-state index in [-0.39, 0.29) is 11.8 Å². The molecule has 2 amide bonds. The monoisotopic (exact) mass is 310 g/mol. The number of hydrogen-bond acceptors (Lipinski definition) is 4. The quantitative estimate of drug-likeness (QED) is 0.912. The first kappa shape index (κ1) is 15.0. The van der Waals surface area contributed by atoms with Crippen LogP contribution in [0, 0.1) is 0 Å². The second-order valence-corrected chi connectivity index (χ2v) is 5.67. The van der Waals surface area contributed by atoms with Crippen LogP contribution >= 0.6 is 0 Å². The average molecular weight is 310 g/mol. The van der Waals surface area contributed by atoms with E-state index in [2.05, 4.69) is 15.6 Å². The maximum atomic E-state index is 12.3. The number of pyridine rings is 1. The summed E-state index contributed by atoms with van der Waals surface area (Å²) in [5.74, 6) is 0.651. The summed E-state index contributed by atoms with van der Waals surface area (Å²) in [5, 5.41) is 5.64. The van der Waals surface area contributed by atoms with Gasteiger partial charge in [0, 0.05) is 31.8 Å². The number of hydrogen-bond donors (Lipinski definition) is 2. The van der Waals surface area contributed by atoms with Gasteiger partial charge in [0.15, 0.2) is 0 Å². The Bertz CT molecular complexity index is 754. The van der Waals surface area contributed by atoms with Crippen molar-refractivity contribution in [1.82, 2.24) is 4.98 Å². The zero-order chi connectivity index (χ0) is 16.4. The van der Waals surface area contributed by atoms with Gasteiger partial charge < -0.3 is 15.5 Å². The number of aryl methyl sites for hydroxylation is 1. The number of benzene rings is 1. The molecule has 0 bridgehead atoms. The number of anilines is 3. The maximum Gasteiger partial charge on any atom is 0.255 e. The van der Waals surface area contributed by atoms with Gasteiger partial charge in [0.2, 0.25) is 5.91 Å². The third-order valence-electron chi connectivity index (χ3n) is 3.73. The lowest BCUT2D eigenvalue weighted by atomic mass is 10.00. The number of amides is 2. The molecule has 3 rings (SSSR count). The van der Waals surface area contributed by atoms with E-state index >= 15 is 0 Å². The molecule has 1 aliphatic rings. The molecule has 0 atom stereocenters. The van der Waals surface area contributed by atoms with Crippen LogP contribution < -0.4 is 15.5 Å². The van der Waals surface area contributed by atoms with Gasteiger partial charge in [-0.25, -0.2) is 4.98 Å². The van der Waals surface area contributed by atoms with Crippen molar-refractivity contribution in [2.45, 2.75) is 12.8 Å². The predicted octanol–water partition coefficient (Wildman–Crippen LogP) is 2.28. The summed E-state index contributed by atoms with van der Waals surface area (Å²) < 4.78 is 0. The van der Waals surface area contributed by atoms with Crippen LogP contribution in [0.4, 0.5) is 17.2 Å². The van der Waals surface area contributed by atoms with Gasteiger partial charge in [-0.3, -0.25) is 9.59 Å². The van der Waals surface area contributed by atoms with E-state index in [4.69, 9.17) is 0 Å². The first-order valence-electron chi connectivity index (χ1n) is 7.40. The molecule has 0 saturated heterocycles. The molecule has 2 N–H and O–H groups in total. The third-order valence-corrected chi connectivity index (χ3v) is 3.73. The number of nitrogens with one attached hydrogen (secondary N) is 2. The Hall–Kier alpha value is -2.89. The van der Waals surface area contributed by atoms with Crippen molar-refractivity contribution in [3.63, 3.8) is 0 Å². The molecule has 118 valence electrons. The Morgan fingerprint density at radius 2 is 2.04 bits per heavy atom. The van der Waals surface area contributed by atoms with Gasteiger partial charge >= 0.3 is 0 Å². The minimum absolute atomic E-state index is 0.0155. The van der Waals surface area contributed by atoms with Crippen LogP contribution in [-0.4, -0.2) is 30.9 Å². The highest BCUT2D eigenvalue weighted by Gasteiger charge is 2.16. The molecule has 0 saturated carbocycles. The largest absolute Gasteiger partial charge is 0.363 e. The predicted molar refractivity (Wildman–Crippen MR) is 89.9 cm³/mol. The molecule has 0 unspecified atom stereocenters. The third kappa shape index (κ3) is 3.31. The zero-order valence-electron chi connectivity index (χ0n) is 13.1. The highest BCUT2D eigenvalue weighted by molar-refractivity contribution is 6.05. The summed E-state index contributed by atoms with van der Waals surface area (Å²) in [6.07, 6.45) is 2.74. The molecule has 6 nitrogen and oxygen atoms in total. The van der Waals surface area contributed by atoms with Crippen molar-refractivity contribution in [2.24, 2.45) is 0 Å². The van der Waals surface area contributed by atoms with Crippen molar-refractivity contribution in [3.8, 4) is 0 Å². The lowest BCUT2D eigenvalue weighted by Crippen LogP contribution is -2.20. The van der Waals surface area contributed by atoms with E-state index in [9.17, 15) is 9.59 Å². The normalized spacial score (nSPS) is 13.0. The Morgan fingerprint density at radius 1 is 1.22 bits per heavy atom. The smallest absolute Gasteiger partial charge is 0.255 e. The van der Waals surface area contributed by atoms with E-state index in [1.54, 1.807) is 18.3 Å². The molecule has 0 aliphatic carbocycles. The fourth-order valence-corrected chi connectivity index (χ4v) is 2.45. The number of nitrogens with zero attached hydrogens (tertiary/aromatic N) is 2. The number of aromatic nitrogens is 1. The number of carbonyl (C=O) groups excluding carboxylic acids is 2. The lowest BCUT2D eigenvalue weighted by Gasteiger charge is -2.17. The molecule has 0 fully saturated rings. The summed E-state index contributed by atoms with van der Waals surface area (Å²) in [5.41, 5.74) is 2.98. The highest BCUT2D eigenvalue weighted by Crippen LogP contribution is 2.24. The van der Waals surface area contributed by atoms with Crippen molar-refractivity contribution in [2.75, 3.05) is 29.6 Å². The first-order valence-corrected chi connectivity index (χ1v) is 7.40. The molecule has 0 radical (unpaired) electrons. The van der Waals surface area contributed by atoms with Crippen LogP contribution in [0.15, 0.2) is 36.5 Å². The van der Waals surface area contributed by atoms with Crippen LogP contribution in [0.1, 0.15) is 22.3 Å². The van der Waals surface area contributed by atoms with Gasteiger partial charge in [-0.2, -0.15) is 0 Å². The van der Waals surface area contributed by atoms with Crippen LogP contribution in [0.2, 0.25) is 0 Å². The van der Waals surface area contributed by atoms with E-state index in [1.807, 2.05) is 37.2 Å². The van der Waals surface area contributed by atoms with E-state index in [1.165, 1.54) is 0 Å². The van der Waals surface area contributed by atoms with E-state index in [0.717, 1.165) is 17.1 Å². The average Bonchev–Trinajstić information content (AvgIpc) is 2.54. The Balaban J connectivity index is 1.74. The molecule has 0 spiro atoms. The fraction of sp³-hybridized carbons (Fsp3) is 0.235. The molecule has 2 heterocycles. The van der Waals surface area contributed by atoms with Gasteiger partial charge in [-0.1, -0.05) is 0 Å². The standard InChI is InChI=1S/C17H18N4O2/c1-21(2)15-7-5-13(10-18-15)19-17(23)12-3-6-14-11(9-12)4-8-16(22)20-14/h3,5-7,9-10H,4,8H2,1-2H3,(H,19,23)(H,20,22). The van der Waals surface area contributed by atoms with Crippen LogP contribution in [0.5, 0.6) is 0 Å². The Kier molecular flexibility index (Phi) is 3.97. The van der Waals surface area contributed by atoms with E-state index < -0.39 is 0 Å². The fourth-order valence-electron chi connectivity index (χ4n) is 2.45. The van der Waals surface area contributed by atoms with Crippen LogP contribution in [0.25, 0.3) is 0 Å². The van der Waals surface area contributed by atoms with Crippen molar-refractivity contribution in [3.05, 3.63) is 47.7 Å². The maximum absolute atomic E-state index is 12.3. The topological polar surface area (TPSA) is 74.3 Å². The Morgan fingerprint density at radius 3 is 2.74 bits per heavy atom.